The van der Waals surface area contributed by atoms with Gasteiger partial charge in [-0.2, -0.15) is 0 Å². The van der Waals surface area contributed by atoms with E-state index in [1.54, 1.807) is 0 Å². The lowest BCUT2D eigenvalue weighted by Gasteiger charge is -2.08. The molecule has 0 saturated carbocycles. The second-order valence-electron chi connectivity index (χ2n) is 4.40. The predicted octanol–water partition coefficient (Wildman–Crippen LogP) is 2.97. The SMILES string of the molecule is CCOc1ccc(OCc2cccc(C#CCN)c2)cc1. The number of hydrogen-bond donors (Lipinski definition) is 1. The molecule has 2 rings (SSSR count). The number of benzene rings is 2. The fraction of sp³-hybridized carbons (Fsp3) is 0.222. The van der Waals surface area contributed by atoms with E-state index in [1.165, 1.54) is 0 Å². The summed E-state index contributed by atoms with van der Waals surface area (Å²) in [5.41, 5.74) is 7.40. The van der Waals surface area contributed by atoms with Crippen LogP contribution in [-0.2, 0) is 6.61 Å². The molecule has 0 aliphatic heterocycles. The van der Waals surface area contributed by atoms with Crippen LogP contribution in [0.4, 0.5) is 0 Å². The fourth-order valence-corrected chi connectivity index (χ4v) is 1.86. The third kappa shape index (κ3) is 4.87. The third-order valence-corrected chi connectivity index (χ3v) is 2.80. The summed E-state index contributed by atoms with van der Waals surface area (Å²) >= 11 is 0. The summed E-state index contributed by atoms with van der Waals surface area (Å²) in [5.74, 6) is 7.53. The summed E-state index contributed by atoms with van der Waals surface area (Å²) in [6, 6.07) is 15.6. The van der Waals surface area contributed by atoms with Crippen molar-refractivity contribution in [2.24, 2.45) is 5.73 Å². The van der Waals surface area contributed by atoms with Gasteiger partial charge in [-0.3, -0.25) is 0 Å². The highest BCUT2D eigenvalue weighted by molar-refractivity contribution is 5.37. The minimum absolute atomic E-state index is 0.368. The quantitative estimate of drug-likeness (QED) is 0.857. The standard InChI is InChI=1S/C18H19NO2/c1-2-20-17-8-10-18(11-9-17)21-14-16-6-3-5-15(13-16)7-4-12-19/h3,5-6,8-11,13H,2,12,14,19H2,1H3. The molecule has 0 atom stereocenters. The van der Waals surface area contributed by atoms with E-state index in [9.17, 15) is 0 Å². The van der Waals surface area contributed by atoms with Crippen molar-refractivity contribution in [2.45, 2.75) is 13.5 Å². The van der Waals surface area contributed by atoms with Crippen molar-refractivity contribution in [3.8, 4) is 23.3 Å². The van der Waals surface area contributed by atoms with E-state index in [0.29, 0.717) is 19.8 Å². The van der Waals surface area contributed by atoms with Crippen molar-refractivity contribution in [1.29, 1.82) is 0 Å². The highest BCUT2D eigenvalue weighted by atomic mass is 16.5. The van der Waals surface area contributed by atoms with Crippen LogP contribution < -0.4 is 15.2 Å². The second-order valence-corrected chi connectivity index (χ2v) is 4.40. The molecule has 0 heterocycles. The van der Waals surface area contributed by atoms with E-state index in [-0.39, 0.29) is 0 Å². The maximum absolute atomic E-state index is 5.76. The van der Waals surface area contributed by atoms with Gasteiger partial charge in [0.1, 0.15) is 18.1 Å². The van der Waals surface area contributed by atoms with Gasteiger partial charge in [0.15, 0.2) is 0 Å². The smallest absolute Gasteiger partial charge is 0.120 e. The zero-order valence-electron chi connectivity index (χ0n) is 12.1. The zero-order valence-corrected chi connectivity index (χ0v) is 12.1. The molecule has 2 aromatic rings. The predicted molar refractivity (Wildman–Crippen MR) is 84.3 cm³/mol. The third-order valence-electron chi connectivity index (χ3n) is 2.80. The summed E-state index contributed by atoms with van der Waals surface area (Å²) in [5, 5.41) is 0. The minimum atomic E-state index is 0.368. The number of rotatable bonds is 5. The summed E-state index contributed by atoms with van der Waals surface area (Å²) in [6.45, 7) is 3.50. The average molecular weight is 281 g/mol. The lowest BCUT2D eigenvalue weighted by atomic mass is 10.1. The normalized spacial score (nSPS) is 9.62. The molecule has 0 aliphatic carbocycles. The van der Waals surface area contributed by atoms with Gasteiger partial charge in [-0.05, 0) is 48.9 Å². The van der Waals surface area contributed by atoms with Crippen LogP contribution in [0.2, 0.25) is 0 Å². The molecule has 0 spiro atoms. The van der Waals surface area contributed by atoms with Gasteiger partial charge in [-0.1, -0.05) is 24.0 Å². The Morgan fingerprint density at radius 2 is 1.71 bits per heavy atom. The van der Waals surface area contributed by atoms with Crippen molar-refractivity contribution in [2.75, 3.05) is 13.2 Å². The molecule has 21 heavy (non-hydrogen) atoms. The van der Waals surface area contributed by atoms with Crippen LogP contribution in [0.25, 0.3) is 0 Å². The Morgan fingerprint density at radius 3 is 2.38 bits per heavy atom. The monoisotopic (exact) mass is 281 g/mol. The Labute approximate surface area is 125 Å². The first-order valence-corrected chi connectivity index (χ1v) is 6.95. The lowest BCUT2D eigenvalue weighted by molar-refractivity contribution is 0.304. The first-order chi connectivity index (χ1) is 10.3. The van der Waals surface area contributed by atoms with Gasteiger partial charge in [0.05, 0.1) is 13.2 Å². The molecule has 0 aliphatic rings. The highest BCUT2D eigenvalue weighted by Crippen LogP contribution is 2.18. The Hall–Kier alpha value is -2.44. The highest BCUT2D eigenvalue weighted by Gasteiger charge is 1.98. The molecule has 108 valence electrons. The van der Waals surface area contributed by atoms with Crippen LogP contribution in [0.15, 0.2) is 48.5 Å². The molecule has 0 saturated heterocycles. The van der Waals surface area contributed by atoms with Crippen molar-refractivity contribution in [3.05, 3.63) is 59.7 Å². The number of hydrogen-bond acceptors (Lipinski definition) is 3. The van der Waals surface area contributed by atoms with E-state index in [4.69, 9.17) is 15.2 Å². The van der Waals surface area contributed by atoms with Crippen LogP contribution in [0.3, 0.4) is 0 Å². The van der Waals surface area contributed by atoms with E-state index in [2.05, 4.69) is 11.8 Å². The lowest BCUT2D eigenvalue weighted by Crippen LogP contribution is -1.97. The topological polar surface area (TPSA) is 44.5 Å². The van der Waals surface area contributed by atoms with Crippen molar-refractivity contribution in [1.82, 2.24) is 0 Å². The average Bonchev–Trinajstić information content (AvgIpc) is 2.53. The molecule has 0 fully saturated rings. The van der Waals surface area contributed by atoms with Gasteiger partial charge in [-0.15, -0.1) is 0 Å². The number of nitrogens with two attached hydrogens (primary N) is 1. The van der Waals surface area contributed by atoms with Crippen LogP contribution >= 0.6 is 0 Å². The van der Waals surface area contributed by atoms with Gasteiger partial charge in [-0.25, -0.2) is 0 Å². The largest absolute Gasteiger partial charge is 0.494 e. The molecule has 2 N–H and O–H groups in total. The van der Waals surface area contributed by atoms with Crippen molar-refractivity contribution >= 4 is 0 Å². The molecule has 0 unspecified atom stereocenters. The van der Waals surface area contributed by atoms with Crippen LogP contribution in [0.1, 0.15) is 18.1 Å². The van der Waals surface area contributed by atoms with Gasteiger partial charge in [0.2, 0.25) is 0 Å². The van der Waals surface area contributed by atoms with Gasteiger partial charge in [0.25, 0.3) is 0 Å². The molecule has 2 aromatic carbocycles. The molecular formula is C18H19NO2. The van der Waals surface area contributed by atoms with Crippen LogP contribution in [0.5, 0.6) is 11.5 Å². The molecule has 0 amide bonds. The van der Waals surface area contributed by atoms with Gasteiger partial charge in [0, 0.05) is 5.56 Å². The van der Waals surface area contributed by atoms with Crippen molar-refractivity contribution < 1.29 is 9.47 Å². The number of ether oxygens (including phenoxy) is 2. The molecule has 0 bridgehead atoms. The Kier molecular flexibility index (Phi) is 5.69. The van der Waals surface area contributed by atoms with Crippen LogP contribution in [0, 0.1) is 11.8 Å². The summed E-state index contributed by atoms with van der Waals surface area (Å²) in [6.07, 6.45) is 0. The van der Waals surface area contributed by atoms with Gasteiger partial charge >= 0.3 is 0 Å². The summed E-state index contributed by atoms with van der Waals surface area (Å²) < 4.78 is 11.2. The maximum Gasteiger partial charge on any atom is 0.120 e. The summed E-state index contributed by atoms with van der Waals surface area (Å²) in [7, 11) is 0. The van der Waals surface area contributed by atoms with Crippen LogP contribution in [-0.4, -0.2) is 13.2 Å². The van der Waals surface area contributed by atoms with E-state index < -0.39 is 0 Å². The molecule has 3 heteroatoms. The maximum atomic E-state index is 5.76. The Balaban J connectivity index is 1.96. The summed E-state index contributed by atoms with van der Waals surface area (Å²) in [4.78, 5) is 0. The zero-order chi connectivity index (χ0) is 14.9. The second kappa shape index (κ2) is 7.98. The molecular weight excluding hydrogens is 262 g/mol. The Morgan fingerprint density at radius 1 is 1.00 bits per heavy atom. The first-order valence-electron chi connectivity index (χ1n) is 6.95. The molecule has 0 aromatic heterocycles. The molecule has 3 nitrogen and oxygen atoms in total. The van der Waals surface area contributed by atoms with E-state index in [1.807, 2.05) is 55.5 Å². The van der Waals surface area contributed by atoms with Crippen molar-refractivity contribution in [3.63, 3.8) is 0 Å². The van der Waals surface area contributed by atoms with E-state index >= 15 is 0 Å². The van der Waals surface area contributed by atoms with E-state index in [0.717, 1.165) is 22.6 Å². The minimum Gasteiger partial charge on any atom is -0.494 e. The molecule has 0 radical (unpaired) electrons. The first kappa shape index (κ1) is 15.0. The van der Waals surface area contributed by atoms with Gasteiger partial charge < -0.3 is 15.2 Å². The Bertz CT molecular complexity index is 624. The fourth-order valence-electron chi connectivity index (χ4n) is 1.86.